The average molecular weight is 248 g/mol. The molecule has 0 saturated carbocycles. The lowest BCUT2D eigenvalue weighted by Crippen LogP contribution is -2.14. The number of halogens is 2. The Morgan fingerprint density at radius 1 is 1.13 bits per heavy atom. The summed E-state index contributed by atoms with van der Waals surface area (Å²) in [6.45, 7) is 4.27. The summed E-state index contributed by atoms with van der Waals surface area (Å²) in [7, 11) is 0. The monoisotopic (exact) mass is 247 g/mol. The summed E-state index contributed by atoms with van der Waals surface area (Å²) < 4.78 is 0. The molecule has 0 amide bonds. The van der Waals surface area contributed by atoms with Crippen molar-refractivity contribution in [3.05, 3.63) is 34.9 Å². The molecule has 0 saturated heterocycles. The van der Waals surface area contributed by atoms with E-state index in [1.54, 1.807) is 0 Å². The highest BCUT2D eigenvalue weighted by atomic mass is 35.5. The van der Waals surface area contributed by atoms with E-state index in [0.29, 0.717) is 0 Å². The van der Waals surface area contributed by atoms with Crippen LogP contribution < -0.4 is 5.32 Å². The van der Waals surface area contributed by atoms with Crippen molar-refractivity contribution in [2.75, 3.05) is 6.54 Å². The van der Waals surface area contributed by atoms with E-state index in [0.717, 1.165) is 18.1 Å². The van der Waals surface area contributed by atoms with E-state index in [2.05, 4.69) is 24.4 Å². The normalized spacial score (nSPS) is 9.73. The Labute approximate surface area is 104 Å². The van der Waals surface area contributed by atoms with Crippen molar-refractivity contribution >= 4 is 24.0 Å². The van der Waals surface area contributed by atoms with Crippen LogP contribution in [0.2, 0.25) is 5.02 Å². The minimum absolute atomic E-state index is 0. The minimum Gasteiger partial charge on any atom is -0.313 e. The smallest absolute Gasteiger partial charge is 0.0406 e. The SMILES string of the molecule is CCCCCNCc1ccc(Cl)cc1.Cl. The van der Waals surface area contributed by atoms with Gasteiger partial charge in [0, 0.05) is 11.6 Å². The van der Waals surface area contributed by atoms with Gasteiger partial charge in [-0.05, 0) is 30.7 Å². The van der Waals surface area contributed by atoms with Crippen molar-refractivity contribution in [2.45, 2.75) is 32.7 Å². The predicted octanol–water partition coefficient (Wildman–Crippen LogP) is 4.04. The zero-order valence-electron chi connectivity index (χ0n) is 9.13. The number of nitrogens with one attached hydrogen (secondary N) is 1. The van der Waals surface area contributed by atoms with Gasteiger partial charge < -0.3 is 5.32 Å². The van der Waals surface area contributed by atoms with Crippen molar-refractivity contribution in [1.82, 2.24) is 5.32 Å². The third-order valence-corrected chi connectivity index (χ3v) is 2.45. The average Bonchev–Trinajstić information content (AvgIpc) is 2.21. The molecule has 0 atom stereocenters. The van der Waals surface area contributed by atoms with Gasteiger partial charge in [0.25, 0.3) is 0 Å². The molecule has 0 aliphatic heterocycles. The fraction of sp³-hybridized carbons (Fsp3) is 0.500. The van der Waals surface area contributed by atoms with Gasteiger partial charge >= 0.3 is 0 Å². The van der Waals surface area contributed by atoms with Crippen LogP contribution in [0.4, 0.5) is 0 Å². The van der Waals surface area contributed by atoms with Crippen molar-refractivity contribution in [2.24, 2.45) is 0 Å². The highest BCUT2D eigenvalue weighted by molar-refractivity contribution is 6.30. The Morgan fingerprint density at radius 2 is 1.80 bits per heavy atom. The van der Waals surface area contributed by atoms with E-state index >= 15 is 0 Å². The van der Waals surface area contributed by atoms with Crippen LogP contribution in [0.5, 0.6) is 0 Å². The van der Waals surface area contributed by atoms with Crippen LogP contribution >= 0.6 is 24.0 Å². The van der Waals surface area contributed by atoms with Gasteiger partial charge in [0.2, 0.25) is 0 Å². The summed E-state index contributed by atoms with van der Waals surface area (Å²) in [5, 5.41) is 4.22. The molecule has 0 aromatic heterocycles. The second kappa shape index (κ2) is 9.02. The van der Waals surface area contributed by atoms with Gasteiger partial charge in [-0.1, -0.05) is 43.5 Å². The highest BCUT2D eigenvalue weighted by Crippen LogP contribution is 2.09. The number of rotatable bonds is 6. The molecule has 0 spiro atoms. The highest BCUT2D eigenvalue weighted by Gasteiger charge is 1.92. The summed E-state index contributed by atoms with van der Waals surface area (Å²) >= 11 is 5.79. The van der Waals surface area contributed by atoms with Crippen LogP contribution in [-0.4, -0.2) is 6.54 Å². The third-order valence-electron chi connectivity index (χ3n) is 2.20. The molecule has 0 heterocycles. The van der Waals surface area contributed by atoms with Crippen LogP contribution in [0.3, 0.4) is 0 Å². The Bertz CT molecular complexity index is 246. The number of benzene rings is 1. The van der Waals surface area contributed by atoms with E-state index in [4.69, 9.17) is 11.6 Å². The van der Waals surface area contributed by atoms with Crippen molar-refractivity contribution in [1.29, 1.82) is 0 Å². The van der Waals surface area contributed by atoms with Crippen LogP contribution in [0.25, 0.3) is 0 Å². The topological polar surface area (TPSA) is 12.0 Å². The van der Waals surface area contributed by atoms with E-state index in [9.17, 15) is 0 Å². The van der Waals surface area contributed by atoms with E-state index in [1.807, 2.05) is 12.1 Å². The maximum Gasteiger partial charge on any atom is 0.0406 e. The summed E-state index contributed by atoms with van der Waals surface area (Å²) in [6, 6.07) is 8.00. The predicted molar refractivity (Wildman–Crippen MR) is 69.9 cm³/mol. The quantitative estimate of drug-likeness (QED) is 0.749. The second-order valence-corrected chi connectivity index (χ2v) is 3.95. The van der Waals surface area contributed by atoms with Crippen LogP contribution in [-0.2, 0) is 6.54 Å². The number of unbranched alkanes of at least 4 members (excludes halogenated alkanes) is 2. The maximum atomic E-state index is 5.79. The fourth-order valence-corrected chi connectivity index (χ4v) is 1.46. The molecule has 0 unspecified atom stereocenters. The number of hydrogen-bond donors (Lipinski definition) is 1. The van der Waals surface area contributed by atoms with Crippen LogP contribution in [0, 0.1) is 0 Å². The molecule has 1 nitrogen and oxygen atoms in total. The molecule has 1 aromatic carbocycles. The molecule has 1 rings (SSSR count). The first-order valence-electron chi connectivity index (χ1n) is 5.28. The Morgan fingerprint density at radius 3 is 2.40 bits per heavy atom. The van der Waals surface area contributed by atoms with Gasteiger partial charge in [-0.15, -0.1) is 12.4 Å². The van der Waals surface area contributed by atoms with E-state index < -0.39 is 0 Å². The molecule has 86 valence electrons. The van der Waals surface area contributed by atoms with Gasteiger partial charge in [-0.25, -0.2) is 0 Å². The lowest BCUT2D eigenvalue weighted by Gasteiger charge is -2.04. The fourth-order valence-electron chi connectivity index (χ4n) is 1.33. The van der Waals surface area contributed by atoms with E-state index in [-0.39, 0.29) is 12.4 Å². The molecular formula is C12H19Cl2N. The van der Waals surface area contributed by atoms with Crippen molar-refractivity contribution in [3.8, 4) is 0 Å². The molecule has 3 heteroatoms. The zero-order chi connectivity index (χ0) is 10.2. The first kappa shape index (κ1) is 14.8. The van der Waals surface area contributed by atoms with E-state index in [1.165, 1.54) is 24.8 Å². The van der Waals surface area contributed by atoms with Gasteiger partial charge in [-0.3, -0.25) is 0 Å². The molecule has 0 fully saturated rings. The molecule has 0 radical (unpaired) electrons. The first-order valence-corrected chi connectivity index (χ1v) is 5.66. The molecule has 0 aliphatic rings. The second-order valence-electron chi connectivity index (χ2n) is 3.51. The van der Waals surface area contributed by atoms with Gasteiger partial charge in [0.1, 0.15) is 0 Å². The Kier molecular flexibility index (Phi) is 8.88. The summed E-state index contributed by atoms with van der Waals surface area (Å²) in [5.74, 6) is 0. The Balaban J connectivity index is 0.00000196. The molecule has 0 bridgehead atoms. The molecule has 15 heavy (non-hydrogen) atoms. The zero-order valence-corrected chi connectivity index (χ0v) is 10.7. The standard InChI is InChI=1S/C12H18ClN.ClH/c1-2-3-4-9-14-10-11-5-7-12(13)8-6-11;/h5-8,14H,2-4,9-10H2,1H3;1H. The van der Waals surface area contributed by atoms with Crippen LogP contribution in [0.1, 0.15) is 31.7 Å². The lowest BCUT2D eigenvalue weighted by molar-refractivity contribution is 0.617. The van der Waals surface area contributed by atoms with Crippen molar-refractivity contribution in [3.63, 3.8) is 0 Å². The molecule has 1 N–H and O–H groups in total. The maximum absolute atomic E-state index is 5.79. The number of hydrogen-bond acceptors (Lipinski definition) is 1. The summed E-state index contributed by atoms with van der Waals surface area (Å²) in [6.07, 6.45) is 3.86. The minimum atomic E-state index is 0. The molecule has 0 aliphatic carbocycles. The third kappa shape index (κ3) is 6.77. The summed E-state index contributed by atoms with van der Waals surface area (Å²) in [5.41, 5.74) is 1.30. The Hall–Kier alpha value is -0.240. The van der Waals surface area contributed by atoms with Crippen molar-refractivity contribution < 1.29 is 0 Å². The first-order chi connectivity index (χ1) is 6.83. The van der Waals surface area contributed by atoms with Crippen LogP contribution in [0.15, 0.2) is 24.3 Å². The van der Waals surface area contributed by atoms with Gasteiger partial charge in [0.15, 0.2) is 0 Å². The summed E-state index contributed by atoms with van der Waals surface area (Å²) in [4.78, 5) is 0. The molecule has 1 aromatic rings. The lowest BCUT2D eigenvalue weighted by atomic mass is 10.2. The van der Waals surface area contributed by atoms with Gasteiger partial charge in [-0.2, -0.15) is 0 Å². The molecular weight excluding hydrogens is 229 g/mol. The van der Waals surface area contributed by atoms with Gasteiger partial charge in [0.05, 0.1) is 0 Å². The largest absolute Gasteiger partial charge is 0.313 e.